The molecule has 0 heterocycles. The Morgan fingerprint density at radius 3 is 1.75 bits per heavy atom. The third kappa shape index (κ3) is 10.9. The van der Waals surface area contributed by atoms with E-state index in [2.05, 4.69) is 34.6 Å². The lowest BCUT2D eigenvalue weighted by atomic mass is 10.2. The number of hydrogen-bond acceptors (Lipinski definition) is 2. The van der Waals surface area contributed by atoms with Crippen molar-refractivity contribution in [1.29, 1.82) is 0 Å². The molecule has 98 valence electrons. The predicted octanol–water partition coefficient (Wildman–Crippen LogP) is 2.33. The van der Waals surface area contributed by atoms with Crippen molar-refractivity contribution in [3.8, 4) is 0 Å². The van der Waals surface area contributed by atoms with E-state index in [0.717, 1.165) is 5.16 Å². The normalized spacial score (nSPS) is 15.2. The summed E-state index contributed by atoms with van der Waals surface area (Å²) in [6.07, 6.45) is 6.21. The monoisotopic (exact) mass is 262 g/mol. The van der Waals surface area contributed by atoms with Crippen molar-refractivity contribution in [2.24, 2.45) is 0 Å². The summed E-state index contributed by atoms with van der Waals surface area (Å²) >= 11 is 0. The molecule has 0 radical (unpaired) electrons. The zero-order valence-electron chi connectivity index (χ0n) is 11.8. The van der Waals surface area contributed by atoms with Gasteiger partial charge in [0.2, 0.25) is 0 Å². The fourth-order valence-electron chi connectivity index (χ4n) is 1.55. The van der Waals surface area contributed by atoms with Crippen molar-refractivity contribution >= 4 is 19.5 Å². The van der Waals surface area contributed by atoms with Crippen LogP contribution in [0.1, 0.15) is 60.3 Å². The standard InChI is InChI=1S/C12H30O2Si2/c1-6-7-8-9-12(15-13-10(2)3)16-14-11(4)5/h10-12H,6-9,15-16H2,1-5H3. The van der Waals surface area contributed by atoms with Gasteiger partial charge in [0, 0.05) is 12.2 Å². The third-order valence-corrected chi connectivity index (χ3v) is 7.44. The molecular weight excluding hydrogens is 232 g/mol. The van der Waals surface area contributed by atoms with Crippen LogP contribution < -0.4 is 0 Å². The molecule has 0 aliphatic carbocycles. The minimum Gasteiger partial charge on any atom is -0.422 e. The first-order valence-corrected chi connectivity index (χ1v) is 9.58. The predicted molar refractivity (Wildman–Crippen MR) is 77.4 cm³/mol. The summed E-state index contributed by atoms with van der Waals surface area (Å²) in [5.41, 5.74) is 0. The lowest BCUT2D eigenvalue weighted by Crippen LogP contribution is -2.22. The molecule has 0 unspecified atom stereocenters. The van der Waals surface area contributed by atoms with Gasteiger partial charge in [-0.15, -0.1) is 0 Å². The minimum atomic E-state index is -0.356. The number of hydrogen-bond donors (Lipinski definition) is 0. The van der Waals surface area contributed by atoms with Gasteiger partial charge in [0.1, 0.15) is 0 Å². The lowest BCUT2D eigenvalue weighted by Gasteiger charge is -2.19. The van der Waals surface area contributed by atoms with Gasteiger partial charge >= 0.3 is 0 Å². The summed E-state index contributed by atoms with van der Waals surface area (Å²) in [4.78, 5) is 0. The maximum Gasteiger partial charge on any atom is 0.164 e. The van der Waals surface area contributed by atoms with Gasteiger partial charge in [-0.25, -0.2) is 0 Å². The van der Waals surface area contributed by atoms with Crippen LogP contribution in [-0.2, 0) is 8.85 Å². The first-order chi connectivity index (χ1) is 7.56. The Balaban J connectivity index is 3.76. The van der Waals surface area contributed by atoms with Crippen LogP contribution in [0, 0.1) is 0 Å². The maximum atomic E-state index is 5.86. The van der Waals surface area contributed by atoms with E-state index < -0.39 is 0 Å². The van der Waals surface area contributed by atoms with E-state index in [9.17, 15) is 0 Å². The van der Waals surface area contributed by atoms with Gasteiger partial charge in [0.15, 0.2) is 19.5 Å². The van der Waals surface area contributed by atoms with Crippen LogP contribution in [0.2, 0.25) is 5.16 Å². The second-order valence-electron chi connectivity index (χ2n) is 5.13. The molecule has 0 aromatic heterocycles. The second kappa shape index (κ2) is 10.5. The molecular formula is C12H30O2Si2. The van der Waals surface area contributed by atoms with Gasteiger partial charge < -0.3 is 8.85 Å². The zero-order valence-corrected chi connectivity index (χ0v) is 14.6. The van der Waals surface area contributed by atoms with E-state index in [1.165, 1.54) is 25.7 Å². The van der Waals surface area contributed by atoms with Gasteiger partial charge in [-0.3, -0.25) is 0 Å². The van der Waals surface area contributed by atoms with Crippen molar-refractivity contribution in [1.82, 2.24) is 0 Å². The summed E-state index contributed by atoms with van der Waals surface area (Å²) in [5, 5.41) is 0.844. The van der Waals surface area contributed by atoms with E-state index in [-0.39, 0.29) is 19.5 Å². The van der Waals surface area contributed by atoms with Crippen LogP contribution >= 0.6 is 0 Å². The first-order valence-electron chi connectivity index (χ1n) is 6.79. The zero-order chi connectivity index (χ0) is 12.4. The second-order valence-corrected chi connectivity index (χ2v) is 9.92. The maximum absolute atomic E-state index is 5.86. The summed E-state index contributed by atoms with van der Waals surface area (Å²) in [6, 6.07) is 0. The molecule has 0 aromatic rings. The molecule has 0 aliphatic rings. The van der Waals surface area contributed by atoms with Crippen LogP contribution in [-0.4, -0.2) is 31.7 Å². The van der Waals surface area contributed by atoms with E-state index in [0.29, 0.717) is 12.2 Å². The quantitative estimate of drug-likeness (QED) is 0.444. The molecule has 0 saturated heterocycles. The minimum absolute atomic E-state index is 0.356. The Morgan fingerprint density at radius 1 is 0.875 bits per heavy atom. The largest absolute Gasteiger partial charge is 0.422 e. The molecule has 0 bridgehead atoms. The smallest absolute Gasteiger partial charge is 0.164 e. The fraction of sp³-hybridized carbons (Fsp3) is 1.00. The molecule has 0 spiro atoms. The highest BCUT2D eigenvalue weighted by molar-refractivity contribution is 6.51. The molecule has 0 N–H and O–H groups in total. The third-order valence-electron chi connectivity index (χ3n) is 2.55. The van der Waals surface area contributed by atoms with Crippen molar-refractivity contribution in [2.75, 3.05) is 0 Å². The molecule has 16 heavy (non-hydrogen) atoms. The van der Waals surface area contributed by atoms with Crippen molar-refractivity contribution in [3.05, 3.63) is 0 Å². The molecule has 4 heteroatoms. The Kier molecular flexibility index (Phi) is 10.7. The Bertz CT molecular complexity index is 140. The van der Waals surface area contributed by atoms with E-state index >= 15 is 0 Å². The molecule has 0 rings (SSSR count). The SMILES string of the molecule is CCCCCC([SiH2]OC(C)C)[SiH2]OC(C)C. The van der Waals surface area contributed by atoms with Crippen molar-refractivity contribution in [2.45, 2.75) is 77.7 Å². The van der Waals surface area contributed by atoms with Crippen molar-refractivity contribution < 1.29 is 8.85 Å². The van der Waals surface area contributed by atoms with Gasteiger partial charge in [-0.2, -0.15) is 0 Å². The summed E-state index contributed by atoms with van der Waals surface area (Å²) in [6.45, 7) is 10.8. The topological polar surface area (TPSA) is 18.5 Å². The summed E-state index contributed by atoms with van der Waals surface area (Å²) < 4.78 is 11.7. The molecule has 0 atom stereocenters. The Hall–Kier alpha value is 0.354. The number of rotatable bonds is 10. The molecule has 0 amide bonds. The summed E-state index contributed by atoms with van der Waals surface area (Å²) in [5.74, 6) is 0. The summed E-state index contributed by atoms with van der Waals surface area (Å²) in [7, 11) is -0.713. The highest BCUT2D eigenvalue weighted by Crippen LogP contribution is 2.15. The van der Waals surface area contributed by atoms with Gasteiger partial charge in [0.25, 0.3) is 0 Å². The van der Waals surface area contributed by atoms with E-state index in [1.54, 1.807) is 0 Å². The Morgan fingerprint density at radius 2 is 1.38 bits per heavy atom. The molecule has 0 aromatic carbocycles. The van der Waals surface area contributed by atoms with Crippen LogP contribution in [0.3, 0.4) is 0 Å². The van der Waals surface area contributed by atoms with Gasteiger partial charge in [-0.05, 0) is 32.9 Å². The molecule has 0 saturated carbocycles. The van der Waals surface area contributed by atoms with Crippen LogP contribution in [0.4, 0.5) is 0 Å². The first kappa shape index (κ1) is 16.4. The molecule has 0 aliphatic heterocycles. The van der Waals surface area contributed by atoms with Gasteiger partial charge in [-0.1, -0.05) is 32.6 Å². The highest BCUT2D eigenvalue weighted by atomic mass is 28.3. The van der Waals surface area contributed by atoms with Crippen LogP contribution in [0.25, 0.3) is 0 Å². The van der Waals surface area contributed by atoms with E-state index in [4.69, 9.17) is 8.85 Å². The highest BCUT2D eigenvalue weighted by Gasteiger charge is 2.13. The van der Waals surface area contributed by atoms with Gasteiger partial charge in [0.05, 0.1) is 0 Å². The Labute approximate surface area is 106 Å². The fourth-order valence-corrected chi connectivity index (χ4v) is 4.98. The lowest BCUT2D eigenvalue weighted by molar-refractivity contribution is 0.240. The average molecular weight is 263 g/mol. The van der Waals surface area contributed by atoms with Crippen molar-refractivity contribution in [3.63, 3.8) is 0 Å². The average Bonchev–Trinajstić information content (AvgIpc) is 2.21. The number of unbranched alkanes of at least 4 members (excludes halogenated alkanes) is 2. The van der Waals surface area contributed by atoms with Crippen LogP contribution in [0.5, 0.6) is 0 Å². The molecule has 0 fully saturated rings. The van der Waals surface area contributed by atoms with E-state index in [1.807, 2.05) is 0 Å². The molecule has 2 nitrogen and oxygen atoms in total. The van der Waals surface area contributed by atoms with Crippen LogP contribution in [0.15, 0.2) is 0 Å².